The van der Waals surface area contributed by atoms with E-state index in [9.17, 15) is 4.79 Å². The molecule has 0 aliphatic carbocycles. The molecule has 4 aromatic rings. The number of aromatic nitrogens is 1. The third-order valence-electron chi connectivity index (χ3n) is 4.67. The highest BCUT2D eigenvalue weighted by molar-refractivity contribution is 6.10. The number of amides is 1. The van der Waals surface area contributed by atoms with Crippen molar-refractivity contribution in [3.63, 3.8) is 0 Å². The van der Waals surface area contributed by atoms with Crippen LogP contribution in [0.15, 0.2) is 60.7 Å². The Morgan fingerprint density at radius 1 is 1.00 bits per heavy atom. The first-order valence-corrected chi connectivity index (χ1v) is 8.57. The van der Waals surface area contributed by atoms with E-state index in [-0.39, 0.29) is 5.91 Å². The average molecular weight is 328 g/mol. The lowest BCUT2D eigenvalue weighted by atomic mass is 10.1. The molecule has 0 radical (unpaired) electrons. The van der Waals surface area contributed by atoms with Gasteiger partial charge in [0, 0.05) is 33.1 Å². The van der Waals surface area contributed by atoms with Gasteiger partial charge in [0.05, 0.1) is 0 Å². The van der Waals surface area contributed by atoms with E-state index in [0.29, 0.717) is 5.56 Å². The minimum atomic E-state index is -0.0929. The van der Waals surface area contributed by atoms with Gasteiger partial charge >= 0.3 is 0 Å². The first-order valence-electron chi connectivity index (χ1n) is 8.57. The topological polar surface area (TPSA) is 44.9 Å². The maximum Gasteiger partial charge on any atom is 0.255 e. The molecule has 1 heterocycles. The SMILES string of the molecule is CCc1cccc2c1[nH]c1cc(NC(=O)c3ccc(C)cc3)ccc12. The van der Waals surface area contributed by atoms with Gasteiger partial charge in [0.15, 0.2) is 0 Å². The van der Waals surface area contributed by atoms with Gasteiger partial charge in [0.25, 0.3) is 5.91 Å². The van der Waals surface area contributed by atoms with Gasteiger partial charge < -0.3 is 10.3 Å². The number of anilines is 1. The molecule has 124 valence electrons. The lowest BCUT2D eigenvalue weighted by Crippen LogP contribution is -2.11. The van der Waals surface area contributed by atoms with E-state index in [1.165, 1.54) is 21.9 Å². The number of rotatable bonds is 3. The molecular weight excluding hydrogens is 308 g/mol. The van der Waals surface area contributed by atoms with Crippen molar-refractivity contribution in [2.24, 2.45) is 0 Å². The summed E-state index contributed by atoms with van der Waals surface area (Å²) in [6.45, 7) is 4.17. The van der Waals surface area contributed by atoms with E-state index in [1.54, 1.807) is 0 Å². The van der Waals surface area contributed by atoms with Crippen LogP contribution < -0.4 is 5.32 Å². The van der Waals surface area contributed by atoms with Crippen LogP contribution in [0, 0.1) is 6.92 Å². The molecule has 0 saturated carbocycles. The summed E-state index contributed by atoms with van der Waals surface area (Å²) in [5, 5.41) is 5.39. The molecule has 0 atom stereocenters. The summed E-state index contributed by atoms with van der Waals surface area (Å²) in [5.41, 5.74) is 6.12. The summed E-state index contributed by atoms with van der Waals surface area (Å²) >= 11 is 0. The average Bonchev–Trinajstić information content (AvgIpc) is 3.00. The lowest BCUT2D eigenvalue weighted by Gasteiger charge is -2.06. The molecule has 1 amide bonds. The van der Waals surface area contributed by atoms with Crippen molar-refractivity contribution in [2.75, 3.05) is 5.32 Å². The fourth-order valence-corrected chi connectivity index (χ4v) is 3.27. The highest BCUT2D eigenvalue weighted by Gasteiger charge is 2.10. The van der Waals surface area contributed by atoms with Crippen molar-refractivity contribution >= 4 is 33.4 Å². The Morgan fingerprint density at radius 3 is 2.56 bits per heavy atom. The number of nitrogens with one attached hydrogen (secondary N) is 2. The Hall–Kier alpha value is -3.07. The minimum absolute atomic E-state index is 0.0929. The van der Waals surface area contributed by atoms with Crippen LogP contribution in [0.25, 0.3) is 21.8 Å². The monoisotopic (exact) mass is 328 g/mol. The highest BCUT2D eigenvalue weighted by atomic mass is 16.1. The number of fused-ring (bicyclic) bond motifs is 3. The standard InChI is InChI=1S/C22H20N2O/c1-3-15-5-4-6-19-18-12-11-17(13-20(18)24-21(15)19)23-22(25)16-9-7-14(2)8-10-16/h4-13,24H,3H2,1-2H3,(H,23,25). The van der Waals surface area contributed by atoms with Crippen molar-refractivity contribution in [1.82, 2.24) is 4.98 Å². The number of aromatic amines is 1. The maximum atomic E-state index is 12.4. The molecule has 25 heavy (non-hydrogen) atoms. The van der Waals surface area contributed by atoms with Gasteiger partial charge in [-0.1, -0.05) is 48.9 Å². The number of hydrogen-bond donors (Lipinski definition) is 2. The summed E-state index contributed by atoms with van der Waals surface area (Å²) in [4.78, 5) is 15.9. The quantitative estimate of drug-likeness (QED) is 0.516. The third kappa shape index (κ3) is 2.78. The van der Waals surface area contributed by atoms with E-state index in [1.807, 2.05) is 43.3 Å². The lowest BCUT2D eigenvalue weighted by molar-refractivity contribution is 0.102. The molecular formula is C22H20N2O. The van der Waals surface area contributed by atoms with Gasteiger partial charge in [0.2, 0.25) is 0 Å². The molecule has 3 nitrogen and oxygen atoms in total. The molecule has 2 N–H and O–H groups in total. The second-order valence-electron chi connectivity index (χ2n) is 6.40. The normalized spacial score (nSPS) is 11.1. The molecule has 3 heteroatoms. The summed E-state index contributed by atoms with van der Waals surface area (Å²) < 4.78 is 0. The molecule has 0 fully saturated rings. The van der Waals surface area contributed by atoms with Crippen molar-refractivity contribution in [2.45, 2.75) is 20.3 Å². The summed E-state index contributed by atoms with van der Waals surface area (Å²) in [6, 6.07) is 20.0. The van der Waals surface area contributed by atoms with Gasteiger partial charge in [0.1, 0.15) is 0 Å². The van der Waals surface area contributed by atoms with E-state index in [2.05, 4.69) is 41.5 Å². The van der Waals surface area contributed by atoms with Crippen LogP contribution in [0.5, 0.6) is 0 Å². The number of benzene rings is 3. The van der Waals surface area contributed by atoms with Crippen molar-refractivity contribution in [3.05, 3.63) is 77.4 Å². The first kappa shape index (κ1) is 15.5. The number of carbonyl (C=O) groups is 1. The molecule has 0 unspecified atom stereocenters. The molecule has 0 aliphatic heterocycles. The van der Waals surface area contributed by atoms with Crippen LogP contribution in [0.3, 0.4) is 0 Å². The van der Waals surface area contributed by atoms with Crippen LogP contribution in [0.2, 0.25) is 0 Å². The Morgan fingerprint density at radius 2 is 1.80 bits per heavy atom. The highest BCUT2D eigenvalue weighted by Crippen LogP contribution is 2.29. The second kappa shape index (κ2) is 6.10. The predicted molar refractivity (Wildman–Crippen MR) is 104 cm³/mol. The first-order chi connectivity index (χ1) is 12.2. The smallest absolute Gasteiger partial charge is 0.255 e. The molecule has 0 saturated heterocycles. The Kier molecular flexibility index (Phi) is 3.77. The number of H-pyrrole nitrogens is 1. The van der Waals surface area contributed by atoms with Crippen LogP contribution in [-0.4, -0.2) is 10.9 Å². The zero-order valence-corrected chi connectivity index (χ0v) is 14.4. The third-order valence-corrected chi connectivity index (χ3v) is 4.67. The maximum absolute atomic E-state index is 12.4. The number of hydrogen-bond acceptors (Lipinski definition) is 1. The number of aryl methyl sites for hydroxylation is 2. The van der Waals surface area contributed by atoms with Gasteiger partial charge in [-0.05, 0) is 43.2 Å². The fourth-order valence-electron chi connectivity index (χ4n) is 3.27. The Bertz CT molecular complexity index is 1070. The van der Waals surface area contributed by atoms with Gasteiger partial charge in [-0.2, -0.15) is 0 Å². The Labute approximate surface area is 146 Å². The van der Waals surface area contributed by atoms with Crippen LogP contribution in [0.1, 0.15) is 28.4 Å². The van der Waals surface area contributed by atoms with Crippen LogP contribution in [0.4, 0.5) is 5.69 Å². The van der Waals surface area contributed by atoms with Gasteiger partial charge in [-0.15, -0.1) is 0 Å². The predicted octanol–water partition coefficient (Wildman–Crippen LogP) is 5.44. The van der Waals surface area contributed by atoms with E-state index in [4.69, 9.17) is 0 Å². The van der Waals surface area contributed by atoms with Crippen molar-refractivity contribution < 1.29 is 4.79 Å². The number of para-hydroxylation sites is 1. The molecule has 3 aromatic carbocycles. The van der Waals surface area contributed by atoms with Crippen LogP contribution in [-0.2, 0) is 6.42 Å². The molecule has 0 bridgehead atoms. The zero-order valence-electron chi connectivity index (χ0n) is 14.4. The fraction of sp³-hybridized carbons (Fsp3) is 0.136. The second-order valence-corrected chi connectivity index (χ2v) is 6.40. The molecule has 0 aliphatic rings. The Balaban J connectivity index is 1.70. The zero-order chi connectivity index (χ0) is 17.4. The van der Waals surface area contributed by atoms with Crippen molar-refractivity contribution in [3.8, 4) is 0 Å². The van der Waals surface area contributed by atoms with Crippen molar-refractivity contribution in [1.29, 1.82) is 0 Å². The largest absolute Gasteiger partial charge is 0.354 e. The minimum Gasteiger partial charge on any atom is -0.354 e. The molecule has 1 aromatic heterocycles. The summed E-state index contributed by atoms with van der Waals surface area (Å²) in [6.07, 6.45) is 0.987. The summed E-state index contributed by atoms with van der Waals surface area (Å²) in [5.74, 6) is -0.0929. The summed E-state index contributed by atoms with van der Waals surface area (Å²) in [7, 11) is 0. The van der Waals surface area contributed by atoms with E-state index < -0.39 is 0 Å². The van der Waals surface area contributed by atoms with Gasteiger partial charge in [-0.3, -0.25) is 4.79 Å². The molecule has 4 rings (SSSR count). The molecule has 0 spiro atoms. The van der Waals surface area contributed by atoms with E-state index >= 15 is 0 Å². The van der Waals surface area contributed by atoms with Gasteiger partial charge in [-0.25, -0.2) is 0 Å². The van der Waals surface area contributed by atoms with Crippen LogP contribution >= 0.6 is 0 Å². The number of carbonyl (C=O) groups excluding carboxylic acids is 1. The van der Waals surface area contributed by atoms with E-state index in [0.717, 1.165) is 23.2 Å².